The molecule has 2 aromatic heterocycles. The number of H-pyrrole nitrogens is 1. The first-order valence-electron chi connectivity index (χ1n) is 8.52. The third-order valence-corrected chi connectivity index (χ3v) is 5.48. The molecule has 0 fully saturated rings. The van der Waals surface area contributed by atoms with Gasteiger partial charge in [-0.1, -0.05) is 30.3 Å². The third kappa shape index (κ3) is 3.30. The van der Waals surface area contributed by atoms with Crippen LogP contribution >= 0.6 is 11.3 Å². The highest BCUT2D eigenvalue weighted by atomic mass is 32.1. The van der Waals surface area contributed by atoms with Gasteiger partial charge in [-0.2, -0.15) is 0 Å². The second-order valence-electron chi connectivity index (χ2n) is 6.37. The van der Waals surface area contributed by atoms with E-state index in [0.717, 1.165) is 23.5 Å². The molecule has 0 saturated heterocycles. The largest absolute Gasteiger partial charge is 0.361 e. The zero-order valence-electron chi connectivity index (χ0n) is 14.5. The Bertz CT molecular complexity index is 1080. The van der Waals surface area contributed by atoms with Crippen LogP contribution in [0.15, 0.2) is 65.1 Å². The molecular formula is C21H21N3S. The minimum atomic E-state index is 0.932. The highest BCUT2D eigenvalue weighted by molar-refractivity contribution is 7.07. The van der Waals surface area contributed by atoms with Crippen molar-refractivity contribution in [1.29, 1.82) is 0 Å². The predicted octanol–water partition coefficient (Wildman–Crippen LogP) is 5.12. The first-order chi connectivity index (χ1) is 12.2. The van der Waals surface area contributed by atoms with Gasteiger partial charge in [0.2, 0.25) is 0 Å². The van der Waals surface area contributed by atoms with Gasteiger partial charge in [0.15, 0.2) is 4.80 Å². The Morgan fingerprint density at radius 3 is 2.84 bits per heavy atom. The molecule has 4 heteroatoms. The molecule has 126 valence electrons. The first kappa shape index (κ1) is 15.9. The Labute approximate surface area is 151 Å². The number of fused-ring (bicyclic) bond motifs is 1. The van der Waals surface area contributed by atoms with Crippen LogP contribution in [0.1, 0.15) is 16.8 Å². The maximum Gasteiger partial charge on any atom is 0.190 e. The number of aryl methyl sites for hydroxylation is 3. The van der Waals surface area contributed by atoms with Crippen LogP contribution < -0.4 is 4.80 Å². The van der Waals surface area contributed by atoms with Gasteiger partial charge in [-0.05, 0) is 49.6 Å². The monoisotopic (exact) mass is 347 g/mol. The molecule has 0 aliphatic heterocycles. The summed E-state index contributed by atoms with van der Waals surface area (Å²) in [6.07, 6.45) is 3.12. The molecule has 0 aliphatic carbocycles. The van der Waals surface area contributed by atoms with E-state index in [-0.39, 0.29) is 0 Å². The van der Waals surface area contributed by atoms with Crippen molar-refractivity contribution in [2.45, 2.75) is 26.8 Å². The van der Waals surface area contributed by atoms with Gasteiger partial charge in [-0.25, -0.2) is 4.99 Å². The zero-order chi connectivity index (χ0) is 17.2. The van der Waals surface area contributed by atoms with Crippen LogP contribution in [0.5, 0.6) is 0 Å². The van der Waals surface area contributed by atoms with E-state index in [1.807, 2.05) is 0 Å². The number of nitrogens with one attached hydrogen (secondary N) is 1. The SMILES string of the molecule is Cc1cccc(N=c2scc(C)n2CCc2c[nH]c3ccccc23)c1. The van der Waals surface area contributed by atoms with Crippen LogP contribution in [-0.2, 0) is 13.0 Å². The average molecular weight is 347 g/mol. The Morgan fingerprint density at radius 1 is 1.08 bits per heavy atom. The van der Waals surface area contributed by atoms with Crippen molar-refractivity contribution in [3.05, 3.63) is 81.7 Å². The third-order valence-electron chi connectivity index (χ3n) is 4.50. The highest BCUT2D eigenvalue weighted by Gasteiger charge is 2.06. The summed E-state index contributed by atoms with van der Waals surface area (Å²) in [6, 6.07) is 16.8. The van der Waals surface area contributed by atoms with E-state index in [2.05, 4.69) is 83.5 Å². The standard InChI is InChI=1S/C21H21N3S/c1-15-6-5-7-18(12-15)23-21-24(16(2)14-25-21)11-10-17-13-22-20-9-4-3-8-19(17)20/h3-9,12-14,22H,10-11H2,1-2H3. The normalized spacial score (nSPS) is 12.2. The molecule has 0 bridgehead atoms. The van der Waals surface area contributed by atoms with Gasteiger partial charge < -0.3 is 9.55 Å². The van der Waals surface area contributed by atoms with E-state index >= 15 is 0 Å². The van der Waals surface area contributed by atoms with E-state index in [9.17, 15) is 0 Å². The van der Waals surface area contributed by atoms with E-state index < -0.39 is 0 Å². The van der Waals surface area contributed by atoms with Crippen molar-refractivity contribution >= 4 is 27.9 Å². The molecule has 4 aromatic rings. The second kappa shape index (κ2) is 6.73. The number of nitrogens with zero attached hydrogens (tertiary/aromatic N) is 2. The number of hydrogen-bond acceptors (Lipinski definition) is 2. The molecular weight excluding hydrogens is 326 g/mol. The fraction of sp³-hybridized carbons (Fsp3) is 0.190. The molecule has 4 rings (SSSR count). The Balaban J connectivity index is 1.64. The maximum absolute atomic E-state index is 4.86. The molecule has 0 unspecified atom stereocenters. The van der Waals surface area contributed by atoms with E-state index in [1.54, 1.807) is 11.3 Å². The number of thiazole rings is 1. The Hall–Kier alpha value is -2.59. The molecule has 0 saturated carbocycles. The number of rotatable bonds is 4. The molecule has 0 amide bonds. The molecule has 2 heterocycles. The smallest absolute Gasteiger partial charge is 0.190 e. The topological polar surface area (TPSA) is 33.1 Å². The number of aromatic amines is 1. The molecule has 25 heavy (non-hydrogen) atoms. The van der Waals surface area contributed by atoms with Gasteiger partial charge in [0.05, 0.1) is 5.69 Å². The van der Waals surface area contributed by atoms with Gasteiger partial charge in [0.25, 0.3) is 0 Å². The molecule has 3 nitrogen and oxygen atoms in total. The highest BCUT2D eigenvalue weighted by Crippen LogP contribution is 2.19. The summed E-state index contributed by atoms with van der Waals surface area (Å²) in [5, 5.41) is 3.50. The van der Waals surface area contributed by atoms with Gasteiger partial charge in [0.1, 0.15) is 0 Å². The lowest BCUT2D eigenvalue weighted by Gasteiger charge is -2.06. The zero-order valence-corrected chi connectivity index (χ0v) is 15.3. The molecule has 0 atom stereocenters. The van der Waals surface area contributed by atoms with Gasteiger partial charge >= 0.3 is 0 Å². The Kier molecular flexibility index (Phi) is 4.28. The van der Waals surface area contributed by atoms with Crippen molar-refractivity contribution < 1.29 is 0 Å². The van der Waals surface area contributed by atoms with E-state index in [0.29, 0.717) is 0 Å². The lowest BCUT2D eigenvalue weighted by molar-refractivity contribution is 0.660. The lowest BCUT2D eigenvalue weighted by atomic mass is 10.1. The van der Waals surface area contributed by atoms with Crippen molar-refractivity contribution in [3.63, 3.8) is 0 Å². The van der Waals surface area contributed by atoms with Crippen molar-refractivity contribution in [2.24, 2.45) is 4.99 Å². The number of benzene rings is 2. The summed E-state index contributed by atoms with van der Waals surface area (Å²) in [4.78, 5) is 9.28. The number of aromatic nitrogens is 2. The van der Waals surface area contributed by atoms with E-state index in [1.165, 1.54) is 27.7 Å². The minimum absolute atomic E-state index is 0.932. The van der Waals surface area contributed by atoms with Gasteiger partial charge in [-0.3, -0.25) is 0 Å². The predicted molar refractivity (Wildman–Crippen MR) is 105 cm³/mol. The summed E-state index contributed by atoms with van der Waals surface area (Å²) in [5.74, 6) is 0. The number of hydrogen-bond donors (Lipinski definition) is 1. The van der Waals surface area contributed by atoms with Crippen LogP contribution in [0.4, 0.5) is 5.69 Å². The van der Waals surface area contributed by atoms with Crippen molar-refractivity contribution in [3.8, 4) is 0 Å². The van der Waals surface area contributed by atoms with Crippen LogP contribution in [-0.4, -0.2) is 9.55 Å². The summed E-state index contributed by atoms with van der Waals surface area (Å²) < 4.78 is 2.31. The Morgan fingerprint density at radius 2 is 1.96 bits per heavy atom. The molecule has 1 N–H and O–H groups in total. The molecule has 2 aromatic carbocycles. The van der Waals surface area contributed by atoms with Crippen LogP contribution in [0.25, 0.3) is 10.9 Å². The minimum Gasteiger partial charge on any atom is -0.361 e. The quantitative estimate of drug-likeness (QED) is 0.531. The molecule has 0 spiro atoms. The summed E-state index contributed by atoms with van der Waals surface area (Å²) in [7, 11) is 0. The van der Waals surface area contributed by atoms with Crippen molar-refractivity contribution in [2.75, 3.05) is 0 Å². The van der Waals surface area contributed by atoms with Crippen LogP contribution in [0.2, 0.25) is 0 Å². The first-order valence-corrected chi connectivity index (χ1v) is 9.40. The van der Waals surface area contributed by atoms with Crippen LogP contribution in [0.3, 0.4) is 0 Å². The number of para-hydroxylation sites is 1. The fourth-order valence-corrected chi connectivity index (χ4v) is 4.08. The van der Waals surface area contributed by atoms with Crippen LogP contribution in [0, 0.1) is 13.8 Å². The maximum atomic E-state index is 4.86. The summed E-state index contributed by atoms with van der Waals surface area (Å²) in [5.41, 5.74) is 6.07. The van der Waals surface area contributed by atoms with E-state index in [4.69, 9.17) is 4.99 Å². The summed E-state index contributed by atoms with van der Waals surface area (Å²) in [6.45, 7) is 5.19. The van der Waals surface area contributed by atoms with Gasteiger partial charge in [0, 0.05) is 34.7 Å². The average Bonchev–Trinajstić information content (AvgIpc) is 3.17. The fourth-order valence-electron chi connectivity index (χ4n) is 3.15. The second-order valence-corrected chi connectivity index (χ2v) is 7.21. The van der Waals surface area contributed by atoms with Crippen molar-refractivity contribution in [1.82, 2.24) is 9.55 Å². The summed E-state index contributed by atoms with van der Waals surface area (Å²) >= 11 is 1.71. The van der Waals surface area contributed by atoms with Gasteiger partial charge in [-0.15, -0.1) is 11.3 Å². The molecule has 0 radical (unpaired) electrons. The lowest BCUT2D eigenvalue weighted by Crippen LogP contribution is -2.17. The molecule has 0 aliphatic rings.